The minimum atomic E-state index is -5.07. The molecule has 0 amide bonds. The summed E-state index contributed by atoms with van der Waals surface area (Å²) in [5.41, 5.74) is -4.07. The maximum absolute atomic E-state index is 13.1. The van der Waals surface area contributed by atoms with Crippen molar-refractivity contribution in [2.45, 2.75) is 45.5 Å². The first-order valence-corrected chi connectivity index (χ1v) is 11.8. The third kappa shape index (κ3) is 6.11. The van der Waals surface area contributed by atoms with Crippen LogP contribution in [0.15, 0.2) is 36.4 Å². The summed E-state index contributed by atoms with van der Waals surface area (Å²) in [6.45, 7) is 5.13. The molecule has 0 fully saturated rings. The van der Waals surface area contributed by atoms with Gasteiger partial charge in [-0.05, 0) is 75.9 Å². The maximum atomic E-state index is 13.1. The lowest BCUT2D eigenvalue weighted by atomic mass is 9.97. The van der Waals surface area contributed by atoms with Gasteiger partial charge in [-0.25, -0.2) is 4.21 Å². The molecule has 0 bridgehead atoms. The molecule has 1 aliphatic rings. The predicted molar refractivity (Wildman–Crippen MR) is 123 cm³/mol. The molecular formula is C23H21Cl2F3O4S. The number of halogens is 5. The molecule has 10 heteroatoms. The second kappa shape index (κ2) is 9.68. The first-order valence-electron chi connectivity index (χ1n) is 9.98. The Bertz CT molecular complexity index is 1140. The molecule has 0 spiro atoms. The molecule has 0 radical (unpaired) electrons. The second-order valence-electron chi connectivity index (χ2n) is 8.51. The molecule has 1 unspecified atom stereocenters. The SMILES string of the molecule is CC(C)(C)C(=O)Oc1ccc2c(c1)CCCC(c1ccc(Cl)cc1Cl)=C2OS(=O)C(F)(F)F. The van der Waals surface area contributed by atoms with Crippen molar-refractivity contribution in [2.75, 3.05) is 0 Å². The van der Waals surface area contributed by atoms with E-state index in [-0.39, 0.29) is 16.5 Å². The molecule has 1 aliphatic carbocycles. The molecule has 0 aromatic heterocycles. The summed E-state index contributed by atoms with van der Waals surface area (Å²) in [4.78, 5) is 12.2. The molecule has 0 saturated heterocycles. The highest BCUT2D eigenvalue weighted by atomic mass is 35.5. The van der Waals surface area contributed by atoms with Crippen LogP contribution in [0.2, 0.25) is 10.0 Å². The Balaban J connectivity index is 2.14. The smallest absolute Gasteiger partial charge is 0.426 e. The van der Waals surface area contributed by atoms with Crippen molar-refractivity contribution in [3.8, 4) is 5.75 Å². The van der Waals surface area contributed by atoms with Gasteiger partial charge in [-0.3, -0.25) is 4.79 Å². The molecule has 0 saturated carbocycles. The van der Waals surface area contributed by atoms with Crippen LogP contribution in [0.3, 0.4) is 0 Å². The van der Waals surface area contributed by atoms with Crippen LogP contribution in [0, 0.1) is 5.41 Å². The quantitative estimate of drug-likeness (QED) is 0.312. The summed E-state index contributed by atoms with van der Waals surface area (Å²) in [5.74, 6) is -0.371. The first-order chi connectivity index (χ1) is 15.3. The Morgan fingerprint density at radius 2 is 1.67 bits per heavy atom. The highest BCUT2D eigenvalue weighted by Crippen LogP contribution is 2.42. The predicted octanol–water partition coefficient (Wildman–Crippen LogP) is 7.35. The van der Waals surface area contributed by atoms with Gasteiger partial charge in [0.1, 0.15) is 5.75 Å². The molecule has 0 N–H and O–H groups in total. The Labute approximate surface area is 202 Å². The van der Waals surface area contributed by atoms with Crippen molar-refractivity contribution in [1.82, 2.24) is 0 Å². The Kier molecular flexibility index (Phi) is 7.51. The van der Waals surface area contributed by atoms with Gasteiger partial charge in [0.05, 0.1) is 5.41 Å². The van der Waals surface area contributed by atoms with Gasteiger partial charge in [0, 0.05) is 26.7 Å². The highest BCUT2D eigenvalue weighted by Gasteiger charge is 2.41. The molecule has 0 aliphatic heterocycles. The zero-order valence-electron chi connectivity index (χ0n) is 18.0. The number of esters is 1. The normalized spacial score (nSPS) is 15.5. The maximum Gasteiger partial charge on any atom is 0.508 e. The van der Waals surface area contributed by atoms with Crippen LogP contribution in [0.5, 0.6) is 5.75 Å². The molecule has 2 aromatic carbocycles. The topological polar surface area (TPSA) is 52.6 Å². The summed E-state index contributed by atoms with van der Waals surface area (Å²) < 4.78 is 61.7. The number of rotatable bonds is 4. The zero-order valence-corrected chi connectivity index (χ0v) is 20.3. The van der Waals surface area contributed by atoms with Crippen molar-refractivity contribution in [3.05, 3.63) is 63.1 Å². The van der Waals surface area contributed by atoms with E-state index in [1.165, 1.54) is 18.2 Å². The molecule has 1 atom stereocenters. The lowest BCUT2D eigenvalue weighted by Crippen LogP contribution is -2.25. The van der Waals surface area contributed by atoms with E-state index < -0.39 is 28.0 Å². The van der Waals surface area contributed by atoms with Crippen molar-refractivity contribution >= 4 is 51.6 Å². The van der Waals surface area contributed by atoms with E-state index in [1.807, 2.05) is 0 Å². The first kappa shape index (κ1) is 25.6. The van der Waals surface area contributed by atoms with Crippen molar-refractivity contribution < 1.29 is 31.1 Å². The standard InChI is InChI=1S/C23H21Cl2F3O4S/c1-22(2,3)21(29)31-15-8-10-16-13(11-15)5-4-6-18(17-9-7-14(24)12-19(17)25)20(16)32-33(30)23(26,27)28/h7-12H,4-6H2,1-3H3. The van der Waals surface area contributed by atoms with Gasteiger partial charge in [0.15, 0.2) is 5.76 Å². The highest BCUT2D eigenvalue weighted by molar-refractivity contribution is 7.81. The van der Waals surface area contributed by atoms with Crippen LogP contribution in [0.25, 0.3) is 11.3 Å². The van der Waals surface area contributed by atoms with E-state index in [4.69, 9.17) is 32.1 Å². The number of hydrogen-bond donors (Lipinski definition) is 0. The number of fused-ring (bicyclic) bond motifs is 1. The van der Waals surface area contributed by atoms with E-state index in [2.05, 4.69) is 0 Å². The van der Waals surface area contributed by atoms with E-state index in [1.54, 1.807) is 39.0 Å². The Morgan fingerprint density at radius 1 is 1.00 bits per heavy atom. The minimum Gasteiger partial charge on any atom is -0.426 e. The van der Waals surface area contributed by atoms with Gasteiger partial charge >= 0.3 is 22.6 Å². The third-order valence-electron chi connectivity index (χ3n) is 4.90. The monoisotopic (exact) mass is 520 g/mol. The summed E-state index contributed by atoms with van der Waals surface area (Å²) >= 11 is 8.71. The second-order valence-corrected chi connectivity index (χ2v) is 10.5. The molecule has 4 nitrogen and oxygen atoms in total. The number of ether oxygens (including phenoxy) is 1. The summed E-state index contributed by atoms with van der Waals surface area (Å²) in [6.07, 6.45) is 1.33. The van der Waals surface area contributed by atoms with Crippen LogP contribution in [-0.4, -0.2) is 15.7 Å². The van der Waals surface area contributed by atoms with Crippen LogP contribution >= 0.6 is 23.2 Å². The minimum absolute atomic E-state index is 0.184. The number of aryl methyl sites for hydroxylation is 1. The molecular weight excluding hydrogens is 500 g/mol. The number of benzene rings is 2. The summed E-state index contributed by atoms with van der Waals surface area (Å²) in [5, 5.41) is 0.598. The largest absolute Gasteiger partial charge is 0.508 e. The fourth-order valence-corrected chi connectivity index (χ4v) is 4.22. The fourth-order valence-electron chi connectivity index (χ4n) is 3.26. The lowest BCUT2D eigenvalue weighted by Gasteiger charge is -2.19. The number of carbonyl (C=O) groups excluding carboxylic acids is 1. The molecule has 178 valence electrons. The Hall–Kier alpha value is -2.03. The van der Waals surface area contributed by atoms with Crippen LogP contribution < -0.4 is 4.74 Å². The van der Waals surface area contributed by atoms with E-state index in [0.717, 1.165) is 0 Å². The lowest BCUT2D eigenvalue weighted by molar-refractivity contribution is -0.143. The summed E-state index contributed by atoms with van der Waals surface area (Å²) in [7, 11) is 0. The number of hydrogen-bond acceptors (Lipinski definition) is 4. The van der Waals surface area contributed by atoms with Crippen LogP contribution in [0.1, 0.15) is 50.3 Å². The van der Waals surface area contributed by atoms with Gasteiger partial charge in [-0.2, -0.15) is 13.2 Å². The van der Waals surface area contributed by atoms with Gasteiger partial charge in [-0.15, -0.1) is 0 Å². The average molecular weight is 521 g/mol. The third-order valence-corrected chi connectivity index (χ3v) is 6.14. The van der Waals surface area contributed by atoms with E-state index >= 15 is 0 Å². The van der Waals surface area contributed by atoms with E-state index in [0.29, 0.717) is 46.5 Å². The molecule has 33 heavy (non-hydrogen) atoms. The summed E-state index contributed by atoms with van der Waals surface area (Å²) in [6, 6.07) is 9.18. The average Bonchev–Trinajstić information content (AvgIpc) is 2.86. The van der Waals surface area contributed by atoms with Crippen LogP contribution in [0.4, 0.5) is 13.2 Å². The van der Waals surface area contributed by atoms with Crippen molar-refractivity contribution in [2.24, 2.45) is 5.41 Å². The van der Waals surface area contributed by atoms with Crippen molar-refractivity contribution in [1.29, 1.82) is 0 Å². The van der Waals surface area contributed by atoms with Gasteiger partial charge in [0.25, 0.3) is 0 Å². The number of carbonyl (C=O) groups is 1. The number of alkyl halides is 3. The fraction of sp³-hybridized carbons (Fsp3) is 0.348. The molecule has 2 aromatic rings. The molecule has 3 rings (SSSR count). The Morgan fingerprint density at radius 3 is 2.27 bits per heavy atom. The van der Waals surface area contributed by atoms with Gasteiger partial charge in [0.2, 0.25) is 0 Å². The van der Waals surface area contributed by atoms with E-state index in [9.17, 15) is 22.2 Å². The molecule has 0 heterocycles. The zero-order chi connectivity index (χ0) is 24.6. The van der Waals surface area contributed by atoms with Gasteiger partial charge < -0.3 is 8.92 Å². The van der Waals surface area contributed by atoms with Crippen molar-refractivity contribution in [3.63, 3.8) is 0 Å². The van der Waals surface area contributed by atoms with Gasteiger partial charge in [-0.1, -0.05) is 29.3 Å². The van der Waals surface area contributed by atoms with Crippen LogP contribution in [-0.2, 0) is 26.5 Å². The number of allylic oxidation sites excluding steroid dienone is 1.